The smallest absolute Gasteiger partial charge is 0.323 e. The molecule has 3 rings (SSSR count). The molecule has 0 aliphatic carbocycles. The Kier molecular flexibility index (Phi) is 2.72. The third-order valence-electron chi connectivity index (χ3n) is 2.81. The molecule has 0 atom stereocenters. The van der Waals surface area contributed by atoms with Crippen LogP contribution >= 0.6 is 0 Å². The Morgan fingerprint density at radius 1 is 1.00 bits per heavy atom. The highest BCUT2D eigenvalue weighted by molar-refractivity contribution is 6.04. The van der Waals surface area contributed by atoms with Gasteiger partial charge in [0.1, 0.15) is 0 Å². The number of rotatable bonds is 2. The zero-order valence-corrected chi connectivity index (χ0v) is 10.2. The van der Waals surface area contributed by atoms with Crippen LogP contribution in [0.1, 0.15) is 10.4 Å². The third kappa shape index (κ3) is 2.24. The summed E-state index contributed by atoms with van der Waals surface area (Å²) in [5, 5.41) is 2.66. The second-order valence-corrected chi connectivity index (χ2v) is 4.24. The van der Waals surface area contributed by atoms with Gasteiger partial charge < -0.3 is 20.3 Å². The monoisotopic (exact) mass is 270 g/mol. The molecule has 0 bridgehead atoms. The molecule has 100 valence electrons. The van der Waals surface area contributed by atoms with Gasteiger partial charge in [-0.3, -0.25) is 9.59 Å². The van der Waals surface area contributed by atoms with E-state index in [0.29, 0.717) is 16.7 Å². The lowest BCUT2D eigenvalue weighted by molar-refractivity contribution is 0.102. The van der Waals surface area contributed by atoms with E-state index < -0.39 is 5.91 Å². The molecule has 0 unspecified atom stereocenters. The molecule has 0 fully saturated rings. The average molecular weight is 270 g/mol. The highest BCUT2D eigenvalue weighted by Crippen LogP contribution is 2.15. The van der Waals surface area contributed by atoms with Crippen LogP contribution < -0.4 is 16.6 Å². The summed E-state index contributed by atoms with van der Waals surface area (Å²) < 4.78 is 0. The van der Waals surface area contributed by atoms with Crippen molar-refractivity contribution in [3.8, 4) is 0 Å². The van der Waals surface area contributed by atoms with Crippen LogP contribution in [0, 0.1) is 0 Å². The fourth-order valence-electron chi connectivity index (χ4n) is 1.90. The number of hydrogen-bond acceptors (Lipinski definition) is 3. The number of fused-ring (bicyclic) bond motifs is 1. The van der Waals surface area contributed by atoms with Gasteiger partial charge in [0.2, 0.25) is 5.56 Å². The number of H-pyrrole nitrogens is 3. The van der Waals surface area contributed by atoms with Gasteiger partial charge in [0.05, 0.1) is 11.0 Å². The maximum absolute atomic E-state index is 12.0. The number of aromatic nitrogens is 3. The van der Waals surface area contributed by atoms with E-state index in [0.717, 1.165) is 0 Å². The van der Waals surface area contributed by atoms with E-state index in [4.69, 9.17) is 0 Å². The Morgan fingerprint density at radius 3 is 2.60 bits per heavy atom. The van der Waals surface area contributed by atoms with Crippen molar-refractivity contribution in [2.75, 3.05) is 5.32 Å². The SMILES string of the molecule is O=C(Nc1ccc2[nH]c(=O)[nH]c2c1)c1cc[nH]c(=O)c1. The number of carbonyl (C=O) groups excluding carboxylic acids is 1. The zero-order valence-electron chi connectivity index (χ0n) is 10.2. The molecule has 2 aromatic heterocycles. The summed E-state index contributed by atoms with van der Waals surface area (Å²) in [5.74, 6) is -0.395. The number of pyridine rings is 1. The Hall–Kier alpha value is -3.09. The fourth-order valence-corrected chi connectivity index (χ4v) is 1.90. The van der Waals surface area contributed by atoms with Crippen LogP contribution in [-0.2, 0) is 0 Å². The van der Waals surface area contributed by atoms with E-state index in [-0.39, 0.29) is 16.8 Å². The lowest BCUT2D eigenvalue weighted by Gasteiger charge is -2.04. The first-order valence-electron chi connectivity index (χ1n) is 5.84. The summed E-state index contributed by atoms with van der Waals surface area (Å²) >= 11 is 0. The summed E-state index contributed by atoms with van der Waals surface area (Å²) in [6, 6.07) is 7.70. The van der Waals surface area contributed by atoms with Crippen LogP contribution in [0.3, 0.4) is 0 Å². The predicted molar refractivity (Wildman–Crippen MR) is 73.9 cm³/mol. The number of aromatic amines is 3. The molecular formula is C13H10N4O3. The Morgan fingerprint density at radius 2 is 1.80 bits per heavy atom. The molecule has 0 aliphatic heterocycles. The van der Waals surface area contributed by atoms with Crippen molar-refractivity contribution in [3.05, 3.63) is 62.9 Å². The molecule has 1 aromatic carbocycles. The number of benzene rings is 1. The van der Waals surface area contributed by atoms with Crippen LogP contribution in [0.4, 0.5) is 5.69 Å². The van der Waals surface area contributed by atoms with E-state index >= 15 is 0 Å². The van der Waals surface area contributed by atoms with Crippen LogP contribution in [0.5, 0.6) is 0 Å². The van der Waals surface area contributed by atoms with E-state index in [9.17, 15) is 14.4 Å². The van der Waals surface area contributed by atoms with E-state index in [1.54, 1.807) is 18.2 Å². The van der Waals surface area contributed by atoms with Crippen LogP contribution in [0.25, 0.3) is 11.0 Å². The first kappa shape index (κ1) is 12.0. The summed E-state index contributed by atoms with van der Waals surface area (Å²) in [7, 11) is 0. The minimum Gasteiger partial charge on any atom is -0.329 e. The second-order valence-electron chi connectivity index (χ2n) is 4.24. The van der Waals surface area contributed by atoms with Gasteiger partial charge in [-0.15, -0.1) is 0 Å². The van der Waals surface area contributed by atoms with E-state index in [1.165, 1.54) is 18.3 Å². The van der Waals surface area contributed by atoms with Crippen molar-refractivity contribution in [2.24, 2.45) is 0 Å². The van der Waals surface area contributed by atoms with Gasteiger partial charge in [-0.1, -0.05) is 0 Å². The Bertz CT molecular complexity index is 903. The molecule has 7 nitrogen and oxygen atoms in total. The van der Waals surface area contributed by atoms with Crippen LogP contribution in [-0.4, -0.2) is 20.9 Å². The molecular weight excluding hydrogens is 260 g/mol. The zero-order chi connectivity index (χ0) is 14.1. The number of amides is 1. The van der Waals surface area contributed by atoms with Crippen molar-refractivity contribution < 1.29 is 4.79 Å². The lowest BCUT2D eigenvalue weighted by Crippen LogP contribution is -2.15. The standard InChI is InChI=1S/C13H10N4O3/c18-11-5-7(3-4-14-11)12(19)15-8-1-2-9-10(6-8)17-13(20)16-9/h1-6H,(H,14,18)(H,15,19)(H2,16,17,20). The van der Waals surface area contributed by atoms with Crippen LogP contribution in [0.2, 0.25) is 0 Å². The maximum Gasteiger partial charge on any atom is 0.323 e. The molecule has 2 heterocycles. The van der Waals surface area contributed by atoms with Crippen LogP contribution in [0.15, 0.2) is 46.1 Å². The van der Waals surface area contributed by atoms with Gasteiger partial charge in [0, 0.05) is 23.5 Å². The average Bonchev–Trinajstić information content (AvgIpc) is 2.78. The minimum absolute atomic E-state index is 0.261. The number of hydrogen-bond donors (Lipinski definition) is 4. The molecule has 20 heavy (non-hydrogen) atoms. The van der Waals surface area contributed by atoms with Gasteiger partial charge in [0.15, 0.2) is 0 Å². The number of anilines is 1. The van der Waals surface area contributed by atoms with Crippen molar-refractivity contribution in [1.29, 1.82) is 0 Å². The van der Waals surface area contributed by atoms with Gasteiger partial charge in [0.25, 0.3) is 5.91 Å². The van der Waals surface area contributed by atoms with Crippen molar-refractivity contribution in [1.82, 2.24) is 15.0 Å². The molecule has 0 spiro atoms. The largest absolute Gasteiger partial charge is 0.329 e. The van der Waals surface area contributed by atoms with Gasteiger partial charge >= 0.3 is 5.69 Å². The van der Waals surface area contributed by atoms with Gasteiger partial charge in [-0.2, -0.15) is 0 Å². The third-order valence-corrected chi connectivity index (χ3v) is 2.81. The second kappa shape index (κ2) is 4.54. The van der Waals surface area contributed by atoms with Gasteiger partial charge in [-0.05, 0) is 24.3 Å². The Balaban J connectivity index is 1.90. The number of imidazole rings is 1. The van der Waals surface area contributed by atoms with E-state index in [1.807, 2.05) is 0 Å². The molecule has 7 heteroatoms. The quantitative estimate of drug-likeness (QED) is 0.552. The first-order valence-corrected chi connectivity index (χ1v) is 5.84. The normalized spacial score (nSPS) is 10.6. The molecule has 0 saturated heterocycles. The minimum atomic E-state index is -0.395. The van der Waals surface area contributed by atoms with Crippen molar-refractivity contribution in [2.45, 2.75) is 0 Å². The van der Waals surface area contributed by atoms with Gasteiger partial charge in [-0.25, -0.2) is 4.79 Å². The van der Waals surface area contributed by atoms with Crippen molar-refractivity contribution in [3.63, 3.8) is 0 Å². The van der Waals surface area contributed by atoms with E-state index in [2.05, 4.69) is 20.3 Å². The highest BCUT2D eigenvalue weighted by Gasteiger charge is 2.07. The number of carbonyl (C=O) groups is 1. The lowest BCUT2D eigenvalue weighted by atomic mass is 10.2. The summed E-state index contributed by atoms with van der Waals surface area (Å²) in [4.78, 5) is 41.9. The van der Waals surface area contributed by atoms with Crippen molar-refractivity contribution >= 4 is 22.6 Å². The highest BCUT2D eigenvalue weighted by atomic mass is 16.2. The molecule has 0 saturated carbocycles. The fraction of sp³-hybridized carbons (Fsp3) is 0. The topological polar surface area (TPSA) is 111 Å². The molecule has 0 radical (unpaired) electrons. The molecule has 4 N–H and O–H groups in total. The predicted octanol–water partition coefficient (Wildman–Crippen LogP) is 0.797. The summed E-state index contributed by atoms with van der Waals surface area (Å²) in [5.41, 5.74) is 1.39. The molecule has 1 amide bonds. The first-order chi connectivity index (χ1) is 9.61. The number of nitrogens with one attached hydrogen (secondary N) is 4. The summed E-state index contributed by atoms with van der Waals surface area (Å²) in [6.45, 7) is 0. The summed E-state index contributed by atoms with van der Waals surface area (Å²) in [6.07, 6.45) is 1.41. The molecule has 3 aromatic rings. The maximum atomic E-state index is 12.0. The Labute approximate surface area is 111 Å². The molecule has 0 aliphatic rings.